The maximum Gasteiger partial charge on any atom is 0.0197 e. The van der Waals surface area contributed by atoms with Crippen molar-refractivity contribution in [2.24, 2.45) is 0 Å². The lowest BCUT2D eigenvalue weighted by Gasteiger charge is -2.00. The van der Waals surface area contributed by atoms with Crippen molar-refractivity contribution < 1.29 is 0 Å². The Morgan fingerprint density at radius 3 is 2.58 bits per heavy atom. The summed E-state index contributed by atoms with van der Waals surface area (Å²) in [6, 6.07) is 0. The van der Waals surface area contributed by atoms with E-state index in [0.717, 1.165) is 5.57 Å². The van der Waals surface area contributed by atoms with Crippen LogP contribution >= 0.6 is 0 Å². The highest BCUT2D eigenvalue weighted by molar-refractivity contribution is 5.75. The zero-order chi connectivity index (χ0) is 9.14. The molecule has 0 aromatic carbocycles. The predicted octanol–water partition coefficient (Wildman–Crippen LogP) is 3.22. The molecule has 1 aromatic rings. The molecule has 0 aliphatic rings. The van der Waals surface area contributed by atoms with Crippen LogP contribution in [0.2, 0.25) is 0 Å². The second-order valence-electron chi connectivity index (χ2n) is 3.00. The number of aromatic nitrogens is 1. The Morgan fingerprint density at radius 2 is 2.17 bits per heavy atom. The number of allylic oxidation sites excluding steroid dienone is 3. The van der Waals surface area contributed by atoms with Crippen molar-refractivity contribution in [1.29, 1.82) is 0 Å². The highest BCUT2D eigenvalue weighted by Crippen LogP contribution is 2.21. The molecule has 0 aliphatic heterocycles. The van der Waals surface area contributed by atoms with Gasteiger partial charge in [-0.15, -0.1) is 0 Å². The zero-order valence-corrected chi connectivity index (χ0v) is 7.94. The molecule has 0 bridgehead atoms. The molecule has 0 unspecified atom stereocenters. The molecule has 1 aromatic heterocycles. The number of aromatic amines is 1. The fraction of sp³-hybridized carbons (Fsp3) is 0.273. The molecule has 1 nitrogen and oxygen atoms in total. The minimum Gasteiger partial charge on any atom is -0.364 e. The first-order valence-corrected chi connectivity index (χ1v) is 4.13. The van der Waals surface area contributed by atoms with E-state index < -0.39 is 0 Å². The second-order valence-corrected chi connectivity index (χ2v) is 3.00. The van der Waals surface area contributed by atoms with Crippen molar-refractivity contribution in [1.82, 2.24) is 4.98 Å². The smallest absolute Gasteiger partial charge is 0.0197 e. The zero-order valence-electron chi connectivity index (χ0n) is 7.94. The standard InChI is InChI=1S/C11H15N/c1-5-6-8(2)11-9(3)7-12-10(11)4/h5-7,12H,2H2,1,3-4H3. The van der Waals surface area contributed by atoms with Crippen LogP contribution in [0.15, 0.2) is 24.9 Å². The number of aryl methyl sites for hydroxylation is 2. The third-order valence-corrected chi connectivity index (χ3v) is 1.96. The molecule has 0 radical (unpaired) electrons. The molecule has 12 heavy (non-hydrogen) atoms. The first kappa shape index (κ1) is 8.85. The Balaban J connectivity index is 3.09. The van der Waals surface area contributed by atoms with E-state index in [1.54, 1.807) is 0 Å². The van der Waals surface area contributed by atoms with Crippen LogP contribution in [0.3, 0.4) is 0 Å². The van der Waals surface area contributed by atoms with E-state index in [1.165, 1.54) is 16.8 Å². The highest BCUT2D eigenvalue weighted by atomic mass is 14.7. The van der Waals surface area contributed by atoms with Crippen molar-refractivity contribution in [2.75, 3.05) is 0 Å². The Hall–Kier alpha value is -1.24. The van der Waals surface area contributed by atoms with E-state index in [0.29, 0.717) is 0 Å². The van der Waals surface area contributed by atoms with Gasteiger partial charge in [0, 0.05) is 17.5 Å². The van der Waals surface area contributed by atoms with Crippen LogP contribution < -0.4 is 0 Å². The molecule has 1 heteroatoms. The molecule has 0 saturated heterocycles. The summed E-state index contributed by atoms with van der Waals surface area (Å²) in [5.41, 5.74) is 4.77. The van der Waals surface area contributed by atoms with Crippen molar-refractivity contribution in [3.05, 3.63) is 41.7 Å². The number of hydrogen-bond acceptors (Lipinski definition) is 0. The molecular formula is C11H15N. The monoisotopic (exact) mass is 161 g/mol. The van der Waals surface area contributed by atoms with Crippen molar-refractivity contribution in [3.63, 3.8) is 0 Å². The molecular weight excluding hydrogens is 146 g/mol. The second kappa shape index (κ2) is 3.44. The van der Waals surface area contributed by atoms with Gasteiger partial charge in [0.2, 0.25) is 0 Å². The molecule has 1 rings (SSSR count). The van der Waals surface area contributed by atoms with E-state index in [9.17, 15) is 0 Å². The van der Waals surface area contributed by atoms with E-state index >= 15 is 0 Å². The summed E-state index contributed by atoms with van der Waals surface area (Å²) in [7, 11) is 0. The van der Waals surface area contributed by atoms with E-state index in [1.807, 2.05) is 25.3 Å². The lowest BCUT2D eigenvalue weighted by atomic mass is 10.0. The van der Waals surface area contributed by atoms with Gasteiger partial charge >= 0.3 is 0 Å². The number of hydrogen-bond donors (Lipinski definition) is 1. The molecule has 0 atom stereocenters. The van der Waals surface area contributed by atoms with Crippen LogP contribution in [0.4, 0.5) is 0 Å². The van der Waals surface area contributed by atoms with Crippen LogP contribution in [0.5, 0.6) is 0 Å². The fourth-order valence-corrected chi connectivity index (χ4v) is 1.44. The van der Waals surface area contributed by atoms with E-state index in [4.69, 9.17) is 0 Å². The maximum absolute atomic E-state index is 4.00. The lowest BCUT2D eigenvalue weighted by molar-refractivity contribution is 1.26. The minimum absolute atomic E-state index is 1.08. The van der Waals surface area contributed by atoms with Crippen LogP contribution in [-0.4, -0.2) is 4.98 Å². The molecule has 64 valence electrons. The first-order valence-electron chi connectivity index (χ1n) is 4.13. The molecule has 1 N–H and O–H groups in total. The van der Waals surface area contributed by atoms with Crippen molar-refractivity contribution in [3.8, 4) is 0 Å². The first-order chi connectivity index (χ1) is 5.66. The lowest BCUT2D eigenvalue weighted by Crippen LogP contribution is -1.82. The molecule has 0 fully saturated rings. The summed E-state index contributed by atoms with van der Waals surface area (Å²) < 4.78 is 0. The SMILES string of the molecule is C=C(C=CC)c1c(C)c[nH]c1C. The molecule has 0 amide bonds. The summed E-state index contributed by atoms with van der Waals surface area (Å²) >= 11 is 0. The summed E-state index contributed by atoms with van der Waals surface area (Å²) in [5.74, 6) is 0. The van der Waals surface area contributed by atoms with Gasteiger partial charge in [0.1, 0.15) is 0 Å². The minimum atomic E-state index is 1.08. The van der Waals surface area contributed by atoms with Crippen LogP contribution in [0.25, 0.3) is 5.57 Å². The third kappa shape index (κ3) is 1.50. The van der Waals surface area contributed by atoms with Gasteiger partial charge in [0.25, 0.3) is 0 Å². The summed E-state index contributed by atoms with van der Waals surface area (Å²) in [6.45, 7) is 10.2. The van der Waals surface area contributed by atoms with Crippen molar-refractivity contribution >= 4 is 5.57 Å². The van der Waals surface area contributed by atoms with E-state index in [-0.39, 0.29) is 0 Å². The highest BCUT2D eigenvalue weighted by Gasteiger charge is 2.04. The van der Waals surface area contributed by atoms with Crippen molar-refractivity contribution in [2.45, 2.75) is 20.8 Å². The van der Waals surface area contributed by atoms with Crippen LogP contribution in [0, 0.1) is 13.8 Å². The average Bonchev–Trinajstić information content (AvgIpc) is 2.32. The summed E-state index contributed by atoms with van der Waals surface area (Å²) in [4.78, 5) is 3.18. The molecule has 0 spiro atoms. The van der Waals surface area contributed by atoms with Gasteiger partial charge in [-0.2, -0.15) is 0 Å². The molecule has 1 heterocycles. The van der Waals surface area contributed by atoms with Gasteiger partial charge < -0.3 is 4.98 Å². The quantitative estimate of drug-likeness (QED) is 0.641. The maximum atomic E-state index is 4.00. The van der Waals surface area contributed by atoms with Gasteiger partial charge in [-0.3, -0.25) is 0 Å². The van der Waals surface area contributed by atoms with Gasteiger partial charge in [-0.1, -0.05) is 18.7 Å². The largest absolute Gasteiger partial charge is 0.364 e. The Morgan fingerprint density at radius 1 is 1.50 bits per heavy atom. The predicted molar refractivity (Wildman–Crippen MR) is 54.1 cm³/mol. The summed E-state index contributed by atoms with van der Waals surface area (Å²) in [6.07, 6.45) is 6.05. The average molecular weight is 161 g/mol. The van der Waals surface area contributed by atoms with Crippen LogP contribution in [-0.2, 0) is 0 Å². The van der Waals surface area contributed by atoms with Crippen LogP contribution in [0.1, 0.15) is 23.7 Å². The van der Waals surface area contributed by atoms with Gasteiger partial charge in [-0.05, 0) is 31.9 Å². The van der Waals surface area contributed by atoms with Gasteiger partial charge in [0.15, 0.2) is 0 Å². The number of rotatable bonds is 2. The van der Waals surface area contributed by atoms with Gasteiger partial charge in [-0.25, -0.2) is 0 Å². The Kier molecular flexibility index (Phi) is 2.54. The fourth-order valence-electron chi connectivity index (χ4n) is 1.44. The van der Waals surface area contributed by atoms with Gasteiger partial charge in [0.05, 0.1) is 0 Å². The number of H-pyrrole nitrogens is 1. The molecule has 0 saturated carbocycles. The number of nitrogens with one attached hydrogen (secondary N) is 1. The summed E-state index contributed by atoms with van der Waals surface area (Å²) in [5, 5.41) is 0. The third-order valence-electron chi connectivity index (χ3n) is 1.96. The Bertz CT molecular complexity index is 296. The van der Waals surface area contributed by atoms with E-state index in [2.05, 4.69) is 25.4 Å². The normalized spacial score (nSPS) is 10.9. The molecule has 0 aliphatic carbocycles. The topological polar surface area (TPSA) is 15.8 Å². The Labute approximate surface area is 73.8 Å².